The highest BCUT2D eigenvalue weighted by Gasteiger charge is 2.32. The average molecular weight is 434 g/mol. The second-order valence-corrected chi connectivity index (χ2v) is 7.31. The molecule has 11 nitrogen and oxygen atoms in total. The molecule has 31 heavy (non-hydrogen) atoms. The summed E-state index contributed by atoms with van der Waals surface area (Å²) in [7, 11) is 0. The van der Waals surface area contributed by atoms with E-state index in [-0.39, 0.29) is 19.2 Å². The van der Waals surface area contributed by atoms with E-state index < -0.39 is 18.0 Å². The number of hydrogen-bond acceptors (Lipinski definition) is 8. The molecular weight excluding hydrogens is 408 g/mol. The van der Waals surface area contributed by atoms with Crippen LogP contribution in [0.2, 0.25) is 0 Å². The predicted octanol–water partition coefficient (Wildman–Crippen LogP) is -1.22. The molecule has 0 saturated carbocycles. The van der Waals surface area contributed by atoms with Gasteiger partial charge in [0.1, 0.15) is 6.23 Å². The van der Waals surface area contributed by atoms with Gasteiger partial charge in [0.2, 0.25) is 6.79 Å². The van der Waals surface area contributed by atoms with Crippen LogP contribution in [0.3, 0.4) is 0 Å². The molecule has 0 unspecified atom stereocenters. The average Bonchev–Trinajstić information content (AvgIpc) is 3.46. The van der Waals surface area contributed by atoms with Crippen LogP contribution in [0.25, 0.3) is 0 Å². The third-order valence-corrected chi connectivity index (χ3v) is 5.33. The van der Waals surface area contributed by atoms with E-state index >= 15 is 0 Å². The topological polar surface area (TPSA) is 119 Å². The van der Waals surface area contributed by atoms with E-state index in [2.05, 4.69) is 15.5 Å². The summed E-state index contributed by atoms with van der Waals surface area (Å²) in [6, 6.07) is 4.97. The zero-order valence-corrected chi connectivity index (χ0v) is 17.1. The lowest BCUT2D eigenvalue weighted by Gasteiger charge is -2.26. The van der Waals surface area contributed by atoms with Crippen LogP contribution in [0.15, 0.2) is 18.2 Å². The molecule has 0 aromatic heterocycles. The summed E-state index contributed by atoms with van der Waals surface area (Å²) >= 11 is 0. The largest absolute Gasteiger partial charge is 0.454 e. The second kappa shape index (κ2) is 9.94. The van der Waals surface area contributed by atoms with Crippen LogP contribution in [-0.4, -0.2) is 99.6 Å². The number of ether oxygens (including phenoxy) is 4. The summed E-state index contributed by atoms with van der Waals surface area (Å²) in [6.45, 7) is 4.90. The van der Waals surface area contributed by atoms with Crippen LogP contribution in [0.1, 0.15) is 10.4 Å². The molecule has 2 saturated heterocycles. The number of nitrogens with one attached hydrogen (secondary N) is 2. The standard InChI is InChI=1S/C20H26N4O7/c25-18(21-3-4-23-5-8-28-9-6-23)19(26)22-12-17-24(7-10-29-17)20(27)14-1-2-15-16(11-14)31-13-30-15/h1-2,11,17H,3-10,12-13H2,(H,21,25)(H,22,26)/t17-/m1/s1. The van der Waals surface area contributed by atoms with Crippen LogP contribution in [0, 0.1) is 0 Å². The number of benzene rings is 1. The van der Waals surface area contributed by atoms with Gasteiger partial charge in [0.25, 0.3) is 5.91 Å². The minimum Gasteiger partial charge on any atom is -0.454 e. The molecule has 1 aromatic rings. The Hall–Kier alpha value is -2.89. The van der Waals surface area contributed by atoms with Crippen LogP contribution >= 0.6 is 0 Å². The maximum absolute atomic E-state index is 12.9. The zero-order valence-electron chi connectivity index (χ0n) is 17.1. The van der Waals surface area contributed by atoms with Crippen molar-refractivity contribution < 1.29 is 33.3 Å². The zero-order chi connectivity index (χ0) is 21.6. The van der Waals surface area contributed by atoms with Gasteiger partial charge in [-0.3, -0.25) is 19.3 Å². The lowest BCUT2D eigenvalue weighted by atomic mass is 10.1. The number of morpholine rings is 1. The summed E-state index contributed by atoms with van der Waals surface area (Å²) in [5.74, 6) is -0.597. The van der Waals surface area contributed by atoms with E-state index in [0.29, 0.717) is 56.5 Å². The highest BCUT2D eigenvalue weighted by Crippen LogP contribution is 2.33. The van der Waals surface area contributed by atoms with Crippen LogP contribution < -0.4 is 20.1 Å². The Morgan fingerprint density at radius 1 is 0.968 bits per heavy atom. The van der Waals surface area contributed by atoms with E-state index in [9.17, 15) is 14.4 Å². The van der Waals surface area contributed by atoms with Crippen molar-refractivity contribution in [3.63, 3.8) is 0 Å². The SMILES string of the molecule is O=C(NCCN1CCOCC1)C(=O)NC[C@H]1OCCN1C(=O)c1ccc2c(c1)OCO2. The van der Waals surface area contributed by atoms with E-state index in [0.717, 1.165) is 13.1 Å². The number of rotatable bonds is 6. The fourth-order valence-corrected chi connectivity index (χ4v) is 3.61. The Morgan fingerprint density at radius 2 is 1.74 bits per heavy atom. The fraction of sp³-hybridized carbons (Fsp3) is 0.550. The Labute approximate surface area is 179 Å². The molecule has 2 N–H and O–H groups in total. The maximum atomic E-state index is 12.9. The molecule has 1 atom stereocenters. The van der Waals surface area contributed by atoms with Crippen molar-refractivity contribution >= 4 is 17.7 Å². The van der Waals surface area contributed by atoms with Crippen LogP contribution in [0.4, 0.5) is 0 Å². The Morgan fingerprint density at radius 3 is 2.58 bits per heavy atom. The quantitative estimate of drug-likeness (QED) is 0.535. The molecule has 11 heteroatoms. The van der Waals surface area contributed by atoms with Crippen LogP contribution in [0.5, 0.6) is 11.5 Å². The van der Waals surface area contributed by atoms with Crippen LogP contribution in [-0.2, 0) is 19.1 Å². The summed E-state index contributed by atoms with van der Waals surface area (Å²) in [5.41, 5.74) is 0.437. The van der Waals surface area contributed by atoms with Crippen molar-refractivity contribution in [3.05, 3.63) is 23.8 Å². The van der Waals surface area contributed by atoms with Gasteiger partial charge >= 0.3 is 11.8 Å². The fourth-order valence-electron chi connectivity index (χ4n) is 3.61. The maximum Gasteiger partial charge on any atom is 0.309 e. The molecular formula is C20H26N4O7. The number of carbonyl (C=O) groups excluding carboxylic acids is 3. The molecule has 0 aliphatic carbocycles. The molecule has 0 bridgehead atoms. The highest BCUT2D eigenvalue weighted by atomic mass is 16.7. The third kappa shape index (κ3) is 5.24. The lowest BCUT2D eigenvalue weighted by molar-refractivity contribution is -0.139. The number of hydrogen-bond donors (Lipinski definition) is 2. The lowest BCUT2D eigenvalue weighted by Crippen LogP contribution is -2.48. The Bertz CT molecular complexity index is 828. The van der Waals surface area contributed by atoms with Crippen molar-refractivity contribution in [3.8, 4) is 11.5 Å². The summed E-state index contributed by atoms with van der Waals surface area (Å²) in [5, 5.41) is 5.15. The first kappa shape index (κ1) is 21.3. The van der Waals surface area contributed by atoms with Crippen molar-refractivity contribution in [2.45, 2.75) is 6.23 Å². The van der Waals surface area contributed by atoms with Gasteiger partial charge in [-0.25, -0.2) is 0 Å². The van der Waals surface area contributed by atoms with E-state index in [4.69, 9.17) is 18.9 Å². The third-order valence-electron chi connectivity index (χ3n) is 5.33. The van der Waals surface area contributed by atoms with Crippen molar-refractivity contribution in [1.29, 1.82) is 0 Å². The van der Waals surface area contributed by atoms with Gasteiger partial charge in [0.05, 0.1) is 26.4 Å². The van der Waals surface area contributed by atoms with Gasteiger partial charge in [0, 0.05) is 38.3 Å². The molecule has 3 heterocycles. The molecule has 3 aliphatic heterocycles. The van der Waals surface area contributed by atoms with E-state index in [1.54, 1.807) is 18.2 Å². The van der Waals surface area contributed by atoms with Crippen molar-refractivity contribution in [2.75, 3.05) is 65.9 Å². The first-order valence-corrected chi connectivity index (χ1v) is 10.3. The molecule has 4 rings (SSSR count). The molecule has 3 amide bonds. The number of fused-ring (bicyclic) bond motifs is 1. The molecule has 3 aliphatic rings. The Kier molecular flexibility index (Phi) is 6.85. The van der Waals surface area contributed by atoms with Crippen molar-refractivity contribution in [2.24, 2.45) is 0 Å². The minimum atomic E-state index is -0.757. The molecule has 2 fully saturated rings. The number of amides is 3. The highest BCUT2D eigenvalue weighted by molar-refractivity contribution is 6.35. The van der Waals surface area contributed by atoms with Gasteiger partial charge in [-0.05, 0) is 18.2 Å². The van der Waals surface area contributed by atoms with Gasteiger partial charge in [-0.15, -0.1) is 0 Å². The first-order chi connectivity index (χ1) is 15.1. The minimum absolute atomic E-state index is 0.0199. The summed E-state index contributed by atoms with van der Waals surface area (Å²) in [4.78, 5) is 40.7. The number of carbonyl (C=O) groups is 3. The normalized spacial score (nSPS) is 20.5. The molecule has 0 radical (unpaired) electrons. The second-order valence-electron chi connectivity index (χ2n) is 7.31. The van der Waals surface area contributed by atoms with Gasteiger partial charge in [-0.2, -0.15) is 0 Å². The first-order valence-electron chi connectivity index (χ1n) is 10.3. The van der Waals surface area contributed by atoms with E-state index in [1.165, 1.54) is 4.90 Å². The monoisotopic (exact) mass is 434 g/mol. The molecule has 168 valence electrons. The van der Waals surface area contributed by atoms with Gasteiger partial charge < -0.3 is 34.5 Å². The summed E-state index contributed by atoms with van der Waals surface area (Å²) in [6.07, 6.45) is -0.650. The van der Waals surface area contributed by atoms with Gasteiger partial charge in [0.15, 0.2) is 11.5 Å². The smallest absolute Gasteiger partial charge is 0.309 e. The molecule has 1 aromatic carbocycles. The van der Waals surface area contributed by atoms with Gasteiger partial charge in [-0.1, -0.05) is 0 Å². The number of nitrogens with zero attached hydrogens (tertiary/aromatic N) is 2. The van der Waals surface area contributed by atoms with Crippen molar-refractivity contribution in [1.82, 2.24) is 20.4 Å². The Balaban J connectivity index is 1.23. The van der Waals surface area contributed by atoms with E-state index in [1.807, 2.05) is 0 Å². The molecule has 0 spiro atoms. The summed E-state index contributed by atoms with van der Waals surface area (Å²) < 4.78 is 21.4. The predicted molar refractivity (Wildman–Crippen MR) is 107 cm³/mol.